The second-order valence-electron chi connectivity index (χ2n) is 5.13. The summed E-state index contributed by atoms with van der Waals surface area (Å²) >= 11 is 1.90. The van der Waals surface area contributed by atoms with Gasteiger partial charge < -0.3 is 4.40 Å². The van der Waals surface area contributed by atoms with Crippen LogP contribution in [0.1, 0.15) is 4.88 Å². The minimum absolute atomic E-state index is 1.32. The molecule has 0 amide bonds. The van der Waals surface area contributed by atoms with Crippen LogP contribution in [-0.2, 0) is 0 Å². The highest BCUT2D eigenvalue weighted by molar-refractivity contribution is 7.20. The predicted molar refractivity (Wildman–Crippen MR) is 83.7 cm³/mol. The Morgan fingerprint density at radius 2 is 1.63 bits per heavy atom. The maximum atomic E-state index is 2.43. The first-order chi connectivity index (χ1) is 9.34. The van der Waals surface area contributed by atoms with Gasteiger partial charge >= 0.3 is 0 Å². The molecule has 2 heteroatoms. The summed E-state index contributed by atoms with van der Waals surface area (Å²) in [7, 11) is 0. The summed E-state index contributed by atoms with van der Waals surface area (Å²) in [5, 5.41) is 4.12. The zero-order chi connectivity index (χ0) is 12.6. The Hall–Kier alpha value is -2.06. The smallest absolute Gasteiger partial charge is 0.0652 e. The Morgan fingerprint density at radius 3 is 2.58 bits per heavy atom. The molecule has 0 aliphatic rings. The van der Waals surface area contributed by atoms with Crippen molar-refractivity contribution in [3.63, 3.8) is 0 Å². The van der Waals surface area contributed by atoms with Gasteiger partial charge in [-0.1, -0.05) is 36.4 Å². The highest BCUT2D eigenvalue weighted by atomic mass is 32.1. The lowest BCUT2D eigenvalue weighted by Gasteiger charge is -1.92. The number of benzene rings is 2. The molecular weight excluding hydrogens is 250 g/mol. The van der Waals surface area contributed by atoms with Crippen molar-refractivity contribution < 1.29 is 0 Å². The van der Waals surface area contributed by atoms with E-state index in [1.807, 2.05) is 11.3 Å². The lowest BCUT2D eigenvalue weighted by atomic mass is 10.1. The Balaban J connectivity index is 2.30. The third-order valence-corrected chi connectivity index (χ3v) is 5.09. The molecule has 3 heterocycles. The van der Waals surface area contributed by atoms with Gasteiger partial charge in [-0.2, -0.15) is 0 Å². The molecule has 5 rings (SSSR count). The predicted octanol–water partition coefficient (Wildman–Crippen LogP) is 5.21. The van der Waals surface area contributed by atoms with E-state index in [4.69, 9.17) is 0 Å². The van der Waals surface area contributed by atoms with Crippen LogP contribution in [0.2, 0.25) is 0 Å². The molecule has 90 valence electrons. The summed E-state index contributed by atoms with van der Waals surface area (Å²) in [4.78, 5) is 1.38. The summed E-state index contributed by atoms with van der Waals surface area (Å²) in [5.41, 5.74) is 4.06. The number of hydrogen-bond acceptors (Lipinski definition) is 1. The fraction of sp³-hybridized carbons (Fsp3) is 0.0588. The van der Waals surface area contributed by atoms with E-state index in [1.54, 1.807) is 0 Å². The molecule has 0 bridgehead atoms. The van der Waals surface area contributed by atoms with Crippen LogP contribution in [0.4, 0.5) is 0 Å². The standard InChI is InChI=1S/C17H11NS/c1-10-9-15-17(19-10)13-7-4-6-12-11-5-2-3-8-14(11)18(15)16(12)13/h2-9H,1H3. The lowest BCUT2D eigenvalue weighted by molar-refractivity contribution is 1.37. The van der Waals surface area contributed by atoms with Crippen LogP contribution in [0.5, 0.6) is 0 Å². The normalized spacial score (nSPS) is 12.5. The molecule has 0 saturated carbocycles. The van der Waals surface area contributed by atoms with Crippen LogP contribution < -0.4 is 0 Å². The number of para-hydroxylation sites is 2. The number of hydrogen-bond donors (Lipinski definition) is 0. The highest BCUT2D eigenvalue weighted by Gasteiger charge is 2.17. The van der Waals surface area contributed by atoms with E-state index in [0.29, 0.717) is 0 Å². The molecule has 0 aliphatic heterocycles. The van der Waals surface area contributed by atoms with Gasteiger partial charge in [0.1, 0.15) is 0 Å². The van der Waals surface area contributed by atoms with E-state index in [0.717, 1.165) is 0 Å². The maximum Gasteiger partial charge on any atom is 0.0652 e. The molecule has 0 atom stereocenters. The van der Waals surface area contributed by atoms with E-state index < -0.39 is 0 Å². The molecule has 3 aromatic heterocycles. The van der Waals surface area contributed by atoms with Crippen molar-refractivity contribution >= 4 is 48.7 Å². The molecular formula is C17H11NS. The number of fused-ring (bicyclic) bond motifs is 6. The summed E-state index contributed by atoms with van der Waals surface area (Å²) in [6.45, 7) is 2.19. The van der Waals surface area contributed by atoms with Gasteiger partial charge in [0.25, 0.3) is 0 Å². The molecule has 0 radical (unpaired) electrons. The summed E-state index contributed by atoms with van der Waals surface area (Å²) in [6.07, 6.45) is 0. The monoisotopic (exact) mass is 261 g/mol. The van der Waals surface area contributed by atoms with Crippen molar-refractivity contribution in [1.82, 2.24) is 4.40 Å². The zero-order valence-corrected chi connectivity index (χ0v) is 11.3. The van der Waals surface area contributed by atoms with Gasteiger partial charge in [-0.05, 0) is 19.1 Å². The zero-order valence-electron chi connectivity index (χ0n) is 10.5. The highest BCUT2D eigenvalue weighted by Crippen LogP contribution is 2.41. The minimum atomic E-state index is 1.32. The van der Waals surface area contributed by atoms with Gasteiger partial charge in [-0.25, -0.2) is 0 Å². The van der Waals surface area contributed by atoms with Gasteiger partial charge in [0, 0.05) is 21.0 Å². The number of nitrogens with zero attached hydrogens (tertiary/aromatic N) is 1. The van der Waals surface area contributed by atoms with Crippen molar-refractivity contribution in [3.8, 4) is 0 Å². The van der Waals surface area contributed by atoms with Gasteiger partial charge in [0.05, 0.1) is 21.3 Å². The van der Waals surface area contributed by atoms with Crippen molar-refractivity contribution in [2.45, 2.75) is 6.92 Å². The molecule has 0 unspecified atom stereocenters. The first-order valence-electron chi connectivity index (χ1n) is 6.48. The third-order valence-electron chi connectivity index (χ3n) is 4.02. The molecule has 0 aliphatic carbocycles. The molecule has 0 N–H and O–H groups in total. The molecule has 5 aromatic rings. The Labute approximate surface area is 114 Å². The SMILES string of the molecule is Cc1cc2c(s1)c1cccc3c4ccccc4n2c31. The van der Waals surface area contributed by atoms with E-state index in [-0.39, 0.29) is 0 Å². The largest absolute Gasteiger partial charge is 0.307 e. The second-order valence-corrected chi connectivity index (χ2v) is 6.38. The van der Waals surface area contributed by atoms with Crippen molar-refractivity contribution in [2.75, 3.05) is 0 Å². The van der Waals surface area contributed by atoms with Crippen LogP contribution >= 0.6 is 11.3 Å². The first kappa shape index (κ1) is 9.82. The van der Waals surface area contributed by atoms with Crippen LogP contribution in [0.3, 0.4) is 0 Å². The average molecular weight is 261 g/mol. The van der Waals surface area contributed by atoms with Crippen LogP contribution in [-0.4, -0.2) is 4.40 Å². The Morgan fingerprint density at radius 1 is 0.842 bits per heavy atom. The van der Waals surface area contributed by atoms with Gasteiger partial charge in [0.15, 0.2) is 0 Å². The van der Waals surface area contributed by atoms with E-state index >= 15 is 0 Å². The van der Waals surface area contributed by atoms with E-state index in [2.05, 4.69) is 59.9 Å². The Bertz CT molecular complexity index is 1060. The van der Waals surface area contributed by atoms with Crippen LogP contribution in [0.15, 0.2) is 48.5 Å². The van der Waals surface area contributed by atoms with Crippen LogP contribution in [0.25, 0.3) is 37.4 Å². The summed E-state index contributed by atoms with van der Waals surface area (Å²) in [6, 6.07) is 17.7. The van der Waals surface area contributed by atoms with E-state index in [1.165, 1.54) is 42.3 Å². The van der Waals surface area contributed by atoms with Crippen molar-refractivity contribution in [2.24, 2.45) is 0 Å². The minimum Gasteiger partial charge on any atom is -0.307 e. The summed E-state index contributed by atoms with van der Waals surface area (Å²) in [5.74, 6) is 0. The van der Waals surface area contributed by atoms with Gasteiger partial charge in [0.2, 0.25) is 0 Å². The van der Waals surface area contributed by atoms with Crippen LogP contribution in [0, 0.1) is 6.92 Å². The molecule has 0 fully saturated rings. The maximum absolute atomic E-state index is 2.43. The fourth-order valence-corrected chi connectivity index (χ4v) is 4.33. The molecule has 0 saturated heterocycles. The third kappa shape index (κ3) is 1.03. The lowest BCUT2D eigenvalue weighted by Crippen LogP contribution is -1.77. The second kappa shape index (κ2) is 3.09. The number of rotatable bonds is 0. The quantitative estimate of drug-likeness (QED) is 0.360. The fourth-order valence-electron chi connectivity index (χ4n) is 3.31. The van der Waals surface area contributed by atoms with Crippen molar-refractivity contribution in [1.29, 1.82) is 0 Å². The number of thiophene rings is 1. The number of aromatic nitrogens is 1. The summed E-state index contributed by atoms with van der Waals surface area (Å²) < 4.78 is 3.85. The Kier molecular flexibility index (Phi) is 1.60. The van der Waals surface area contributed by atoms with Gasteiger partial charge in [-0.3, -0.25) is 0 Å². The number of aryl methyl sites for hydroxylation is 1. The topological polar surface area (TPSA) is 4.41 Å². The molecule has 2 aromatic carbocycles. The molecule has 1 nitrogen and oxygen atoms in total. The molecule has 0 spiro atoms. The van der Waals surface area contributed by atoms with E-state index in [9.17, 15) is 0 Å². The van der Waals surface area contributed by atoms with Crippen molar-refractivity contribution in [3.05, 3.63) is 53.4 Å². The first-order valence-corrected chi connectivity index (χ1v) is 7.29. The van der Waals surface area contributed by atoms with Gasteiger partial charge in [-0.15, -0.1) is 11.3 Å². The molecule has 19 heavy (non-hydrogen) atoms. The average Bonchev–Trinajstić information content (AvgIpc) is 3.04.